The molecule has 0 radical (unpaired) electrons. The van der Waals surface area contributed by atoms with E-state index in [9.17, 15) is 10.1 Å². The Balaban J connectivity index is 2.44. The number of rotatable bonds is 5. The second-order valence-electron chi connectivity index (χ2n) is 2.49. The van der Waals surface area contributed by atoms with Crippen molar-refractivity contribution in [2.45, 2.75) is 6.54 Å². The first-order chi connectivity index (χ1) is 6.24. The van der Waals surface area contributed by atoms with Gasteiger partial charge in [0.25, 0.3) is 5.69 Å². The van der Waals surface area contributed by atoms with E-state index in [1.807, 2.05) is 0 Å². The summed E-state index contributed by atoms with van der Waals surface area (Å²) >= 11 is 1.38. The molecule has 1 heterocycles. The molecule has 1 aromatic heterocycles. The third-order valence-corrected chi connectivity index (χ3v) is 2.40. The predicted molar refractivity (Wildman–Crippen MR) is 51.7 cm³/mol. The number of thiophene rings is 1. The molecule has 0 atom stereocenters. The smallest absolute Gasteiger partial charge is 0.280 e. The molecule has 13 heavy (non-hydrogen) atoms. The van der Waals surface area contributed by atoms with Crippen LogP contribution in [0.1, 0.15) is 4.88 Å². The first-order valence-electron chi connectivity index (χ1n) is 3.86. The number of hydrogen-bond donors (Lipinski definition) is 2. The molecule has 0 aliphatic carbocycles. The lowest BCUT2D eigenvalue weighted by atomic mass is 10.4. The summed E-state index contributed by atoms with van der Waals surface area (Å²) in [5, 5.41) is 14.9. The van der Waals surface area contributed by atoms with E-state index in [2.05, 4.69) is 5.32 Å². The van der Waals surface area contributed by atoms with Crippen LogP contribution >= 0.6 is 11.3 Å². The van der Waals surface area contributed by atoms with Gasteiger partial charge in [0.15, 0.2) is 0 Å². The zero-order valence-electron chi connectivity index (χ0n) is 7.03. The molecule has 0 fully saturated rings. The fourth-order valence-electron chi connectivity index (χ4n) is 0.871. The van der Waals surface area contributed by atoms with Crippen LogP contribution in [0.5, 0.6) is 0 Å². The van der Waals surface area contributed by atoms with Crippen LogP contribution in [0, 0.1) is 10.1 Å². The second kappa shape index (κ2) is 4.90. The van der Waals surface area contributed by atoms with Crippen LogP contribution < -0.4 is 11.1 Å². The molecule has 0 bridgehead atoms. The summed E-state index contributed by atoms with van der Waals surface area (Å²) in [4.78, 5) is 10.9. The number of nitro groups is 1. The van der Waals surface area contributed by atoms with Crippen molar-refractivity contribution in [3.63, 3.8) is 0 Å². The monoisotopic (exact) mass is 201 g/mol. The predicted octanol–water partition coefficient (Wildman–Crippen LogP) is 0.705. The van der Waals surface area contributed by atoms with Gasteiger partial charge in [-0.05, 0) is 0 Å². The van der Waals surface area contributed by atoms with E-state index in [-0.39, 0.29) is 10.6 Å². The van der Waals surface area contributed by atoms with Crippen LogP contribution in [0.15, 0.2) is 11.4 Å². The van der Waals surface area contributed by atoms with E-state index in [1.165, 1.54) is 11.3 Å². The lowest BCUT2D eigenvalue weighted by molar-refractivity contribution is -0.384. The average Bonchev–Trinajstić information content (AvgIpc) is 2.53. The van der Waals surface area contributed by atoms with Crippen molar-refractivity contribution < 1.29 is 4.92 Å². The highest BCUT2D eigenvalue weighted by molar-refractivity contribution is 7.10. The summed E-state index contributed by atoms with van der Waals surface area (Å²) in [6, 6.07) is 1.58. The molecule has 0 aliphatic heterocycles. The summed E-state index contributed by atoms with van der Waals surface area (Å²) in [7, 11) is 0. The lowest BCUT2D eigenvalue weighted by Gasteiger charge is -1.97. The van der Waals surface area contributed by atoms with Crippen molar-refractivity contribution in [2.24, 2.45) is 5.73 Å². The van der Waals surface area contributed by atoms with Crippen molar-refractivity contribution >= 4 is 17.0 Å². The Morgan fingerprint density at radius 2 is 2.46 bits per heavy atom. The summed E-state index contributed by atoms with van der Waals surface area (Å²) in [5.41, 5.74) is 5.44. The maximum Gasteiger partial charge on any atom is 0.280 e. The molecule has 6 heteroatoms. The molecular weight excluding hydrogens is 190 g/mol. The topological polar surface area (TPSA) is 81.2 Å². The van der Waals surface area contributed by atoms with Gasteiger partial charge in [0.05, 0.1) is 10.3 Å². The van der Waals surface area contributed by atoms with Crippen LogP contribution in [0.2, 0.25) is 0 Å². The molecule has 72 valence electrons. The van der Waals surface area contributed by atoms with Gasteiger partial charge in [0.1, 0.15) is 0 Å². The van der Waals surface area contributed by atoms with E-state index >= 15 is 0 Å². The minimum absolute atomic E-state index is 0.162. The van der Waals surface area contributed by atoms with Crippen molar-refractivity contribution in [1.29, 1.82) is 0 Å². The van der Waals surface area contributed by atoms with E-state index in [0.717, 1.165) is 11.4 Å². The van der Waals surface area contributed by atoms with Crippen LogP contribution in [-0.4, -0.2) is 18.0 Å². The minimum atomic E-state index is -0.386. The molecular formula is C7H11N3O2S. The largest absolute Gasteiger partial charge is 0.329 e. The van der Waals surface area contributed by atoms with E-state index in [1.54, 1.807) is 11.4 Å². The number of nitrogens with two attached hydrogens (primary N) is 1. The van der Waals surface area contributed by atoms with E-state index < -0.39 is 0 Å². The number of nitrogens with zero attached hydrogens (tertiary/aromatic N) is 1. The highest BCUT2D eigenvalue weighted by atomic mass is 32.1. The maximum absolute atomic E-state index is 10.3. The molecule has 5 nitrogen and oxygen atoms in total. The van der Waals surface area contributed by atoms with Gasteiger partial charge in [0, 0.05) is 30.6 Å². The molecule has 1 aromatic rings. The van der Waals surface area contributed by atoms with E-state index in [4.69, 9.17) is 5.73 Å². The average molecular weight is 201 g/mol. The van der Waals surface area contributed by atoms with Crippen LogP contribution in [0.3, 0.4) is 0 Å². The Bertz CT molecular complexity index is 287. The van der Waals surface area contributed by atoms with Crippen molar-refractivity contribution in [1.82, 2.24) is 5.32 Å². The number of hydrogen-bond acceptors (Lipinski definition) is 5. The standard InChI is InChI=1S/C7H11N3O2S/c8-1-2-9-4-7-3-6(5-13-7)10(11)12/h3,5,9H,1-2,4,8H2. The third-order valence-electron chi connectivity index (χ3n) is 1.47. The van der Waals surface area contributed by atoms with Gasteiger partial charge < -0.3 is 11.1 Å². The second-order valence-corrected chi connectivity index (χ2v) is 3.49. The molecule has 0 amide bonds. The van der Waals surface area contributed by atoms with Crippen molar-refractivity contribution in [2.75, 3.05) is 13.1 Å². The fraction of sp³-hybridized carbons (Fsp3) is 0.429. The van der Waals surface area contributed by atoms with Gasteiger partial charge in [0.2, 0.25) is 0 Å². The SMILES string of the molecule is NCCNCc1cc([N+](=O)[O-])cs1. The molecule has 0 saturated heterocycles. The molecule has 1 rings (SSSR count). The summed E-state index contributed by atoms with van der Waals surface area (Å²) in [6.07, 6.45) is 0. The van der Waals surface area contributed by atoms with Gasteiger partial charge in [-0.1, -0.05) is 0 Å². The van der Waals surface area contributed by atoms with Crippen molar-refractivity contribution in [3.05, 3.63) is 26.4 Å². The molecule has 3 N–H and O–H groups in total. The summed E-state index contributed by atoms with van der Waals surface area (Å²) in [6.45, 7) is 1.95. The highest BCUT2D eigenvalue weighted by Gasteiger charge is 2.07. The van der Waals surface area contributed by atoms with Gasteiger partial charge in [-0.3, -0.25) is 10.1 Å². The summed E-state index contributed by atoms with van der Waals surface area (Å²) in [5.74, 6) is 0. The Hall–Kier alpha value is -0.980. The Labute approximate surface area is 79.7 Å². The molecule has 0 saturated carbocycles. The number of nitrogens with one attached hydrogen (secondary N) is 1. The molecule has 0 aromatic carbocycles. The quantitative estimate of drug-likeness (QED) is 0.417. The normalized spacial score (nSPS) is 10.2. The minimum Gasteiger partial charge on any atom is -0.329 e. The first-order valence-corrected chi connectivity index (χ1v) is 4.74. The van der Waals surface area contributed by atoms with Gasteiger partial charge in [-0.15, -0.1) is 11.3 Å². The molecule has 0 aliphatic rings. The highest BCUT2D eigenvalue weighted by Crippen LogP contribution is 2.20. The van der Waals surface area contributed by atoms with Crippen LogP contribution in [0.25, 0.3) is 0 Å². The van der Waals surface area contributed by atoms with Crippen LogP contribution in [0.4, 0.5) is 5.69 Å². The Morgan fingerprint density at radius 3 is 3.00 bits per heavy atom. The lowest BCUT2D eigenvalue weighted by Crippen LogP contribution is -2.21. The summed E-state index contributed by atoms with van der Waals surface area (Å²) < 4.78 is 0. The molecule has 0 unspecified atom stereocenters. The van der Waals surface area contributed by atoms with Crippen molar-refractivity contribution in [3.8, 4) is 0 Å². The zero-order chi connectivity index (χ0) is 9.68. The molecule has 0 spiro atoms. The first kappa shape index (κ1) is 10.1. The maximum atomic E-state index is 10.3. The van der Waals surface area contributed by atoms with E-state index in [0.29, 0.717) is 13.1 Å². The van der Waals surface area contributed by atoms with Crippen LogP contribution in [-0.2, 0) is 6.54 Å². The van der Waals surface area contributed by atoms with Gasteiger partial charge in [-0.25, -0.2) is 0 Å². The zero-order valence-corrected chi connectivity index (χ0v) is 7.84. The van der Waals surface area contributed by atoms with Gasteiger partial charge in [-0.2, -0.15) is 0 Å². The Kier molecular flexibility index (Phi) is 3.81. The Morgan fingerprint density at radius 1 is 1.69 bits per heavy atom. The third kappa shape index (κ3) is 3.10. The fourth-order valence-corrected chi connectivity index (χ4v) is 1.67. The van der Waals surface area contributed by atoms with Gasteiger partial charge >= 0.3 is 0 Å².